The van der Waals surface area contributed by atoms with Crippen molar-refractivity contribution in [2.24, 2.45) is 5.73 Å². The minimum atomic E-state index is -0.649. The summed E-state index contributed by atoms with van der Waals surface area (Å²) in [5.74, 6) is -1.21. The monoisotopic (exact) mass is 411 g/mol. The number of hydrogen-bond donors (Lipinski definition) is 3. The smallest absolute Gasteiger partial charge is 0.255 e. The highest BCUT2D eigenvalue weighted by molar-refractivity contribution is 6.34. The van der Waals surface area contributed by atoms with Gasteiger partial charge in [-0.3, -0.25) is 14.4 Å². The third kappa shape index (κ3) is 5.43. The van der Waals surface area contributed by atoms with Gasteiger partial charge in [0.1, 0.15) is 0 Å². The van der Waals surface area contributed by atoms with Gasteiger partial charge in [0.25, 0.3) is 5.91 Å². The summed E-state index contributed by atoms with van der Waals surface area (Å²) in [5.41, 5.74) is 6.66. The maximum Gasteiger partial charge on any atom is 0.255 e. The maximum atomic E-state index is 12.5. The molecule has 0 aliphatic heterocycles. The van der Waals surface area contributed by atoms with Crippen molar-refractivity contribution >= 4 is 40.7 Å². The topological polar surface area (TPSA) is 119 Å². The second kappa shape index (κ2) is 9.03. The Morgan fingerprint density at radius 3 is 2.55 bits per heavy atom. The van der Waals surface area contributed by atoms with E-state index in [4.69, 9.17) is 17.3 Å². The van der Waals surface area contributed by atoms with Crippen LogP contribution in [0.25, 0.3) is 0 Å². The van der Waals surface area contributed by atoms with Crippen LogP contribution in [0.15, 0.2) is 61.2 Å². The molecule has 0 atom stereocenters. The molecule has 29 heavy (non-hydrogen) atoms. The quantitative estimate of drug-likeness (QED) is 0.553. The first kappa shape index (κ1) is 20.1. The molecule has 0 saturated heterocycles. The van der Waals surface area contributed by atoms with Gasteiger partial charge in [0.15, 0.2) is 0 Å². The first-order chi connectivity index (χ1) is 13.9. The third-order valence-corrected chi connectivity index (χ3v) is 4.37. The van der Waals surface area contributed by atoms with Gasteiger partial charge >= 0.3 is 0 Å². The molecule has 0 aliphatic rings. The predicted octanol–water partition coefficient (Wildman–Crippen LogP) is 2.92. The van der Waals surface area contributed by atoms with Crippen molar-refractivity contribution in [1.29, 1.82) is 0 Å². The molecule has 1 aromatic heterocycles. The molecule has 148 valence electrons. The first-order valence-electron chi connectivity index (χ1n) is 8.69. The summed E-state index contributed by atoms with van der Waals surface area (Å²) >= 11 is 6.00. The summed E-state index contributed by atoms with van der Waals surface area (Å²) in [6, 6.07) is 11.0. The van der Waals surface area contributed by atoms with Crippen LogP contribution in [0, 0.1) is 0 Å². The zero-order valence-electron chi connectivity index (χ0n) is 15.3. The van der Waals surface area contributed by atoms with Crippen LogP contribution < -0.4 is 16.4 Å². The summed E-state index contributed by atoms with van der Waals surface area (Å²) < 4.78 is 1.80. The number of nitrogens with zero attached hydrogens (tertiary/aromatic N) is 2. The van der Waals surface area contributed by atoms with Crippen molar-refractivity contribution < 1.29 is 14.4 Å². The molecular weight excluding hydrogens is 394 g/mol. The Bertz CT molecular complexity index is 1050. The number of halogens is 1. The number of aromatic nitrogens is 2. The molecule has 8 nitrogen and oxygen atoms in total. The fourth-order valence-corrected chi connectivity index (χ4v) is 2.88. The van der Waals surface area contributed by atoms with Gasteiger partial charge in [-0.25, -0.2) is 4.98 Å². The lowest BCUT2D eigenvalue weighted by atomic mass is 10.1. The van der Waals surface area contributed by atoms with Gasteiger partial charge in [0, 0.05) is 42.3 Å². The minimum absolute atomic E-state index is 0.147. The Morgan fingerprint density at radius 1 is 1.07 bits per heavy atom. The van der Waals surface area contributed by atoms with Crippen LogP contribution in [-0.4, -0.2) is 27.3 Å². The zero-order valence-corrected chi connectivity index (χ0v) is 16.0. The lowest BCUT2D eigenvalue weighted by molar-refractivity contribution is -0.116. The highest BCUT2D eigenvalue weighted by Gasteiger charge is 2.11. The highest BCUT2D eigenvalue weighted by Crippen LogP contribution is 2.21. The molecule has 3 rings (SSSR count). The molecule has 9 heteroatoms. The average Bonchev–Trinajstić information content (AvgIpc) is 3.20. The number of nitrogens with one attached hydrogen (secondary N) is 2. The van der Waals surface area contributed by atoms with E-state index in [1.807, 2.05) is 0 Å². The predicted molar refractivity (Wildman–Crippen MR) is 110 cm³/mol. The number of primary amides is 1. The van der Waals surface area contributed by atoms with Crippen LogP contribution in [0.1, 0.15) is 27.1 Å². The van der Waals surface area contributed by atoms with Crippen LogP contribution in [0.3, 0.4) is 0 Å². The summed E-state index contributed by atoms with van der Waals surface area (Å²) in [7, 11) is 0. The second-order valence-corrected chi connectivity index (χ2v) is 6.60. The molecule has 0 spiro atoms. The van der Waals surface area contributed by atoms with Crippen molar-refractivity contribution in [2.45, 2.75) is 13.0 Å². The molecule has 3 aromatic rings. The number of hydrogen-bond acceptors (Lipinski definition) is 4. The van der Waals surface area contributed by atoms with Gasteiger partial charge in [-0.1, -0.05) is 17.7 Å². The van der Waals surface area contributed by atoms with Crippen LogP contribution in [0.5, 0.6) is 0 Å². The molecule has 2 aromatic carbocycles. The van der Waals surface area contributed by atoms with E-state index in [1.54, 1.807) is 47.6 Å². The number of aryl methyl sites for hydroxylation is 1. The molecule has 0 unspecified atom stereocenters. The maximum absolute atomic E-state index is 12.5. The molecule has 4 N–H and O–H groups in total. The third-order valence-electron chi connectivity index (χ3n) is 4.06. The van der Waals surface area contributed by atoms with Crippen molar-refractivity contribution in [2.75, 3.05) is 10.6 Å². The number of nitrogens with two attached hydrogens (primary N) is 1. The van der Waals surface area contributed by atoms with Gasteiger partial charge < -0.3 is 20.9 Å². The number of anilines is 2. The number of benzene rings is 2. The van der Waals surface area contributed by atoms with Gasteiger partial charge in [-0.05, 0) is 36.4 Å². The SMILES string of the molecule is NC(=O)c1ccc(NC(=O)c2cccc(NC(=O)CCn3ccnc3)c2)cc1Cl. The largest absolute Gasteiger partial charge is 0.366 e. The highest BCUT2D eigenvalue weighted by atomic mass is 35.5. The van der Waals surface area contributed by atoms with E-state index in [1.165, 1.54) is 18.2 Å². The molecule has 1 heterocycles. The van der Waals surface area contributed by atoms with Gasteiger partial charge in [-0.15, -0.1) is 0 Å². The summed E-state index contributed by atoms with van der Waals surface area (Å²) in [6.45, 7) is 0.508. The fraction of sp³-hybridized carbons (Fsp3) is 0.100. The van der Waals surface area contributed by atoms with E-state index < -0.39 is 5.91 Å². The van der Waals surface area contributed by atoms with E-state index in [0.717, 1.165) is 0 Å². The Balaban J connectivity index is 1.62. The molecule has 0 fully saturated rings. The lowest BCUT2D eigenvalue weighted by Crippen LogP contribution is -2.16. The van der Waals surface area contributed by atoms with E-state index in [9.17, 15) is 14.4 Å². The molecule has 0 aliphatic carbocycles. The Kier molecular flexibility index (Phi) is 6.25. The first-order valence-corrected chi connectivity index (χ1v) is 9.06. The standard InChI is InChI=1S/C20H18ClN5O3/c21-17-11-15(4-5-16(17)19(22)28)25-20(29)13-2-1-3-14(10-13)24-18(27)6-8-26-9-7-23-12-26/h1-5,7,9-12H,6,8H2,(H2,22,28)(H,24,27)(H,25,29). The molecule has 0 bridgehead atoms. The number of imidazole rings is 1. The lowest BCUT2D eigenvalue weighted by Gasteiger charge is -2.10. The van der Waals surface area contributed by atoms with Crippen LogP contribution in [0.2, 0.25) is 5.02 Å². The van der Waals surface area contributed by atoms with Gasteiger partial charge in [0.2, 0.25) is 11.8 Å². The molecule has 0 radical (unpaired) electrons. The minimum Gasteiger partial charge on any atom is -0.366 e. The van der Waals surface area contributed by atoms with E-state index in [0.29, 0.717) is 23.5 Å². The van der Waals surface area contributed by atoms with Crippen LogP contribution in [-0.2, 0) is 11.3 Å². The molecular formula is C20H18ClN5O3. The van der Waals surface area contributed by atoms with Crippen molar-refractivity contribution in [3.8, 4) is 0 Å². The number of carbonyl (C=O) groups is 3. The summed E-state index contributed by atoms with van der Waals surface area (Å²) in [6.07, 6.45) is 5.34. The Morgan fingerprint density at radius 2 is 1.86 bits per heavy atom. The Hall–Kier alpha value is -3.65. The summed E-state index contributed by atoms with van der Waals surface area (Å²) in [4.78, 5) is 39.8. The van der Waals surface area contributed by atoms with Crippen LogP contribution in [0.4, 0.5) is 11.4 Å². The number of amides is 3. The normalized spacial score (nSPS) is 10.4. The zero-order chi connectivity index (χ0) is 20.8. The molecule has 3 amide bonds. The van der Waals surface area contributed by atoms with Crippen molar-refractivity contribution in [3.63, 3.8) is 0 Å². The van der Waals surface area contributed by atoms with E-state index in [2.05, 4.69) is 15.6 Å². The van der Waals surface area contributed by atoms with Gasteiger partial charge in [0.05, 0.1) is 16.9 Å². The van der Waals surface area contributed by atoms with Gasteiger partial charge in [-0.2, -0.15) is 0 Å². The van der Waals surface area contributed by atoms with Crippen LogP contribution >= 0.6 is 11.6 Å². The Labute approximate surface area is 171 Å². The number of rotatable bonds is 7. The van der Waals surface area contributed by atoms with Crippen molar-refractivity contribution in [1.82, 2.24) is 9.55 Å². The van der Waals surface area contributed by atoms with E-state index >= 15 is 0 Å². The summed E-state index contributed by atoms with van der Waals surface area (Å²) in [5, 5.41) is 5.61. The second-order valence-electron chi connectivity index (χ2n) is 6.19. The average molecular weight is 412 g/mol. The van der Waals surface area contributed by atoms with E-state index in [-0.39, 0.29) is 28.8 Å². The number of carbonyl (C=O) groups excluding carboxylic acids is 3. The van der Waals surface area contributed by atoms with Crippen molar-refractivity contribution in [3.05, 3.63) is 77.3 Å². The molecule has 0 saturated carbocycles. The fourth-order valence-electron chi connectivity index (χ4n) is 2.61.